The largest absolute Gasteiger partial charge is 0.389 e. The van der Waals surface area contributed by atoms with Gasteiger partial charge in [-0.2, -0.15) is 10.2 Å². The zero-order valence-electron chi connectivity index (χ0n) is 13.8. The number of azo groups is 1. The highest BCUT2D eigenvalue weighted by atomic mass is 32.2. The number of sulfone groups is 1. The minimum atomic E-state index is -3.46. The maximum Gasteiger partial charge on any atom is 0.183 e. The van der Waals surface area contributed by atoms with Crippen molar-refractivity contribution in [2.75, 3.05) is 13.1 Å². The fourth-order valence-corrected chi connectivity index (χ4v) is 4.09. The molecule has 2 unspecified atom stereocenters. The summed E-state index contributed by atoms with van der Waals surface area (Å²) in [6.07, 6.45) is 1.25. The van der Waals surface area contributed by atoms with Crippen molar-refractivity contribution < 1.29 is 18.3 Å². The number of nitrogens with zero attached hydrogens (tertiary/aromatic N) is 2. The topological polar surface area (TPSA) is 96.2 Å². The number of carbonyl (C=O) groups excluding carboxylic acids is 1. The maximum absolute atomic E-state index is 12.6. The monoisotopic (exact) mass is 350 g/mol. The third-order valence-electron chi connectivity index (χ3n) is 4.02. The molecule has 1 aliphatic rings. The highest BCUT2D eigenvalue weighted by Crippen LogP contribution is 2.20. The number of aliphatic hydroxyl groups is 1. The van der Waals surface area contributed by atoms with Crippen LogP contribution in [0.15, 0.2) is 51.0 Å². The first kappa shape index (κ1) is 18.5. The number of Topliss-reactive ketones (excluding diaryl/α,β-unsaturated/α-hetero) is 1. The standard InChI is InChI=1S/C17H22N2O4S/c1-3-15(24(22,23)16-6-4-12(2)5-7-16)11-19-18-10-13-8-14(20)9-17(13)21/h4-8,14-15,20H,3,9-11H2,1-2H3. The van der Waals surface area contributed by atoms with Crippen molar-refractivity contribution in [1.29, 1.82) is 0 Å². The van der Waals surface area contributed by atoms with Gasteiger partial charge in [-0.15, -0.1) is 0 Å². The SMILES string of the molecule is CCC(CN=NCC1=CC(O)CC1=O)S(=O)(=O)c1ccc(C)cc1. The van der Waals surface area contributed by atoms with Gasteiger partial charge in [-0.25, -0.2) is 8.42 Å². The van der Waals surface area contributed by atoms with Gasteiger partial charge in [-0.3, -0.25) is 4.79 Å². The molecule has 7 heteroatoms. The third-order valence-corrected chi connectivity index (χ3v) is 6.31. The summed E-state index contributed by atoms with van der Waals surface area (Å²) in [6, 6.07) is 6.75. The van der Waals surface area contributed by atoms with Crippen molar-refractivity contribution in [3.05, 3.63) is 41.5 Å². The Labute approximate surface area is 142 Å². The van der Waals surface area contributed by atoms with E-state index in [9.17, 15) is 18.3 Å². The van der Waals surface area contributed by atoms with Crippen LogP contribution in [0.2, 0.25) is 0 Å². The molecule has 0 amide bonds. The molecule has 0 fully saturated rings. The first-order valence-corrected chi connectivity index (χ1v) is 9.45. The molecule has 6 nitrogen and oxygen atoms in total. The van der Waals surface area contributed by atoms with Gasteiger partial charge in [0.25, 0.3) is 0 Å². The smallest absolute Gasteiger partial charge is 0.183 e. The summed E-state index contributed by atoms with van der Waals surface area (Å²) < 4.78 is 25.2. The van der Waals surface area contributed by atoms with Gasteiger partial charge in [0.15, 0.2) is 15.6 Å². The Hall–Kier alpha value is -1.86. The van der Waals surface area contributed by atoms with E-state index in [-0.39, 0.29) is 30.2 Å². The van der Waals surface area contributed by atoms with Gasteiger partial charge >= 0.3 is 0 Å². The Morgan fingerprint density at radius 1 is 1.25 bits per heavy atom. The van der Waals surface area contributed by atoms with E-state index in [1.807, 2.05) is 6.92 Å². The van der Waals surface area contributed by atoms with E-state index in [1.54, 1.807) is 31.2 Å². The zero-order valence-corrected chi connectivity index (χ0v) is 14.7. The highest BCUT2D eigenvalue weighted by Gasteiger charge is 2.26. The Balaban J connectivity index is 2.01. The molecule has 1 aromatic carbocycles. The first-order chi connectivity index (χ1) is 11.3. The van der Waals surface area contributed by atoms with Crippen LogP contribution >= 0.6 is 0 Å². The third kappa shape index (κ3) is 4.36. The van der Waals surface area contributed by atoms with Crippen LogP contribution in [-0.2, 0) is 14.6 Å². The number of benzene rings is 1. The molecule has 0 saturated carbocycles. The lowest BCUT2D eigenvalue weighted by Gasteiger charge is -2.13. The van der Waals surface area contributed by atoms with E-state index < -0.39 is 21.2 Å². The number of carbonyl (C=O) groups is 1. The molecule has 24 heavy (non-hydrogen) atoms. The van der Waals surface area contributed by atoms with Gasteiger partial charge in [0.1, 0.15) is 0 Å². The molecule has 0 heterocycles. The lowest BCUT2D eigenvalue weighted by molar-refractivity contribution is -0.115. The average Bonchev–Trinajstić information content (AvgIpc) is 2.85. The van der Waals surface area contributed by atoms with E-state index >= 15 is 0 Å². The molecular formula is C17H22N2O4S. The summed E-state index contributed by atoms with van der Waals surface area (Å²) in [7, 11) is -3.46. The fraction of sp³-hybridized carbons (Fsp3) is 0.471. The van der Waals surface area contributed by atoms with Crippen molar-refractivity contribution in [2.24, 2.45) is 10.2 Å². The van der Waals surface area contributed by atoms with Crippen molar-refractivity contribution in [3.63, 3.8) is 0 Å². The lowest BCUT2D eigenvalue weighted by Crippen LogP contribution is -2.23. The predicted molar refractivity (Wildman–Crippen MR) is 90.7 cm³/mol. The van der Waals surface area contributed by atoms with Crippen LogP contribution in [0.1, 0.15) is 25.3 Å². The minimum absolute atomic E-state index is 0.0523. The van der Waals surface area contributed by atoms with Crippen LogP contribution in [0.4, 0.5) is 0 Å². The number of rotatable bonds is 7. The Morgan fingerprint density at radius 3 is 2.46 bits per heavy atom. The van der Waals surface area contributed by atoms with Gasteiger partial charge in [0.05, 0.1) is 29.3 Å². The van der Waals surface area contributed by atoms with Gasteiger partial charge in [0, 0.05) is 12.0 Å². The average molecular weight is 350 g/mol. The molecule has 0 bridgehead atoms. The van der Waals surface area contributed by atoms with Crippen LogP contribution in [0.3, 0.4) is 0 Å². The molecule has 0 spiro atoms. The van der Waals surface area contributed by atoms with Crippen LogP contribution in [0, 0.1) is 6.92 Å². The summed E-state index contributed by atoms with van der Waals surface area (Å²) in [5.41, 5.74) is 1.43. The lowest BCUT2D eigenvalue weighted by atomic mass is 10.2. The Kier molecular flexibility index (Phi) is 6.01. The van der Waals surface area contributed by atoms with E-state index in [2.05, 4.69) is 10.2 Å². The van der Waals surface area contributed by atoms with Gasteiger partial charge in [0.2, 0.25) is 0 Å². The molecule has 0 aromatic heterocycles. The molecule has 2 atom stereocenters. The van der Waals surface area contributed by atoms with Crippen molar-refractivity contribution in [3.8, 4) is 0 Å². The summed E-state index contributed by atoms with van der Waals surface area (Å²) in [4.78, 5) is 11.8. The predicted octanol–water partition coefficient (Wildman–Crippen LogP) is 2.26. The maximum atomic E-state index is 12.6. The number of aryl methyl sites for hydroxylation is 1. The molecule has 1 aromatic rings. The Bertz CT molecular complexity index is 751. The molecule has 0 aliphatic heterocycles. The highest BCUT2D eigenvalue weighted by molar-refractivity contribution is 7.92. The normalized spacial score (nSPS) is 19.7. The van der Waals surface area contributed by atoms with Gasteiger partial charge in [-0.1, -0.05) is 24.6 Å². The molecular weight excluding hydrogens is 328 g/mol. The number of hydrogen-bond donors (Lipinski definition) is 1. The second-order valence-electron chi connectivity index (χ2n) is 5.90. The molecule has 1 aliphatic carbocycles. The van der Waals surface area contributed by atoms with Crippen LogP contribution in [0.5, 0.6) is 0 Å². The summed E-state index contributed by atoms with van der Waals surface area (Å²) >= 11 is 0. The second-order valence-corrected chi connectivity index (χ2v) is 8.13. The molecule has 0 radical (unpaired) electrons. The van der Waals surface area contributed by atoms with E-state index in [1.165, 1.54) is 6.08 Å². The summed E-state index contributed by atoms with van der Waals surface area (Å²) in [5, 5.41) is 16.6. The molecule has 0 saturated heterocycles. The Morgan fingerprint density at radius 2 is 1.92 bits per heavy atom. The molecule has 130 valence electrons. The fourth-order valence-electron chi connectivity index (χ4n) is 2.49. The van der Waals surface area contributed by atoms with Crippen LogP contribution < -0.4 is 0 Å². The first-order valence-electron chi connectivity index (χ1n) is 7.90. The van der Waals surface area contributed by atoms with Crippen molar-refractivity contribution >= 4 is 15.6 Å². The van der Waals surface area contributed by atoms with Gasteiger partial charge < -0.3 is 5.11 Å². The molecule has 1 N–H and O–H groups in total. The zero-order chi connectivity index (χ0) is 17.7. The second kappa shape index (κ2) is 7.81. The van der Waals surface area contributed by atoms with E-state index in [4.69, 9.17) is 0 Å². The van der Waals surface area contributed by atoms with Gasteiger partial charge in [-0.05, 0) is 31.6 Å². The number of aliphatic hydroxyl groups excluding tert-OH is 1. The van der Waals surface area contributed by atoms with Crippen molar-refractivity contribution in [1.82, 2.24) is 0 Å². The van der Waals surface area contributed by atoms with Crippen LogP contribution in [-0.4, -0.2) is 43.8 Å². The number of ketones is 1. The van der Waals surface area contributed by atoms with E-state index in [0.29, 0.717) is 12.0 Å². The summed E-state index contributed by atoms with van der Waals surface area (Å²) in [5.74, 6) is -0.138. The number of hydrogen-bond acceptors (Lipinski definition) is 6. The van der Waals surface area contributed by atoms with Crippen LogP contribution in [0.25, 0.3) is 0 Å². The minimum Gasteiger partial charge on any atom is -0.389 e. The molecule has 2 rings (SSSR count). The summed E-state index contributed by atoms with van der Waals surface area (Å²) in [6.45, 7) is 3.83. The van der Waals surface area contributed by atoms with E-state index in [0.717, 1.165) is 5.56 Å². The quantitative estimate of drug-likeness (QED) is 0.763. The van der Waals surface area contributed by atoms with Crippen molar-refractivity contribution in [2.45, 2.75) is 42.9 Å².